The molecule has 0 heterocycles. The van der Waals surface area contributed by atoms with Gasteiger partial charge in [0.25, 0.3) is 0 Å². The molecule has 0 aromatic carbocycles. The first-order valence-corrected chi connectivity index (χ1v) is 3.25. The molecule has 3 nitrogen and oxygen atoms in total. The number of rotatable bonds is 1. The van der Waals surface area contributed by atoms with Gasteiger partial charge in [-0.3, -0.25) is 9.59 Å². The largest absolute Gasteiger partial charge is 0.504 e. The standard InChI is InChI=1S/C8H8O3/c1-5-6(4-9)2-3-7(10)8(5)11/h3-4,10H,2H2,1H3. The van der Waals surface area contributed by atoms with Crippen LogP contribution in [0.25, 0.3) is 0 Å². The van der Waals surface area contributed by atoms with E-state index in [0.29, 0.717) is 23.9 Å². The zero-order valence-electron chi connectivity index (χ0n) is 6.13. The van der Waals surface area contributed by atoms with Gasteiger partial charge in [0.15, 0.2) is 5.76 Å². The summed E-state index contributed by atoms with van der Waals surface area (Å²) in [6.45, 7) is 1.54. The van der Waals surface area contributed by atoms with Crippen LogP contribution in [0.3, 0.4) is 0 Å². The zero-order chi connectivity index (χ0) is 8.43. The van der Waals surface area contributed by atoms with Gasteiger partial charge in [0, 0.05) is 11.1 Å². The van der Waals surface area contributed by atoms with E-state index in [1.165, 1.54) is 13.0 Å². The molecular weight excluding hydrogens is 144 g/mol. The highest BCUT2D eigenvalue weighted by molar-refractivity contribution is 6.10. The molecule has 0 saturated carbocycles. The van der Waals surface area contributed by atoms with Crippen LogP contribution in [0, 0.1) is 0 Å². The van der Waals surface area contributed by atoms with Crippen molar-refractivity contribution in [2.75, 3.05) is 0 Å². The molecule has 0 amide bonds. The summed E-state index contributed by atoms with van der Waals surface area (Å²) in [5.41, 5.74) is 0.799. The van der Waals surface area contributed by atoms with Gasteiger partial charge in [-0.25, -0.2) is 0 Å². The Morgan fingerprint density at radius 2 is 2.27 bits per heavy atom. The molecule has 0 spiro atoms. The quantitative estimate of drug-likeness (QED) is 0.568. The predicted molar refractivity (Wildman–Crippen MR) is 39.1 cm³/mol. The van der Waals surface area contributed by atoms with Crippen molar-refractivity contribution in [1.82, 2.24) is 0 Å². The Morgan fingerprint density at radius 3 is 2.82 bits per heavy atom. The number of aldehydes is 1. The van der Waals surface area contributed by atoms with E-state index in [1.807, 2.05) is 0 Å². The average molecular weight is 152 g/mol. The monoisotopic (exact) mass is 152 g/mol. The smallest absolute Gasteiger partial charge is 0.223 e. The molecule has 1 N–H and O–H groups in total. The van der Waals surface area contributed by atoms with Gasteiger partial charge in [0.2, 0.25) is 5.78 Å². The van der Waals surface area contributed by atoms with Crippen molar-refractivity contribution in [1.29, 1.82) is 0 Å². The number of aliphatic hydroxyl groups is 1. The van der Waals surface area contributed by atoms with Gasteiger partial charge in [-0.15, -0.1) is 0 Å². The Kier molecular flexibility index (Phi) is 1.89. The first kappa shape index (κ1) is 7.72. The lowest BCUT2D eigenvalue weighted by Gasteiger charge is -2.08. The van der Waals surface area contributed by atoms with Crippen LogP contribution in [0.4, 0.5) is 0 Å². The van der Waals surface area contributed by atoms with Crippen molar-refractivity contribution in [3.05, 3.63) is 23.0 Å². The van der Waals surface area contributed by atoms with Gasteiger partial charge >= 0.3 is 0 Å². The van der Waals surface area contributed by atoms with E-state index < -0.39 is 5.78 Å². The summed E-state index contributed by atoms with van der Waals surface area (Å²) in [7, 11) is 0. The third kappa shape index (κ3) is 1.22. The highest BCUT2D eigenvalue weighted by Gasteiger charge is 2.18. The van der Waals surface area contributed by atoms with Crippen LogP contribution in [0.2, 0.25) is 0 Å². The van der Waals surface area contributed by atoms with Crippen molar-refractivity contribution in [2.45, 2.75) is 13.3 Å². The second-order valence-electron chi connectivity index (χ2n) is 2.39. The predicted octanol–water partition coefficient (Wildman–Crippen LogP) is 0.917. The second kappa shape index (κ2) is 2.70. The number of Topliss-reactive ketones (excluding diaryl/α,β-unsaturated/α-hetero) is 1. The van der Waals surface area contributed by atoms with E-state index in [-0.39, 0.29) is 5.76 Å². The van der Waals surface area contributed by atoms with Crippen LogP contribution >= 0.6 is 0 Å². The third-order valence-corrected chi connectivity index (χ3v) is 1.71. The molecule has 0 atom stereocenters. The summed E-state index contributed by atoms with van der Waals surface area (Å²) in [6.07, 6.45) is 2.35. The zero-order valence-corrected chi connectivity index (χ0v) is 6.13. The minimum absolute atomic E-state index is 0.256. The van der Waals surface area contributed by atoms with Crippen molar-refractivity contribution in [2.24, 2.45) is 0 Å². The van der Waals surface area contributed by atoms with Gasteiger partial charge in [0.1, 0.15) is 6.29 Å². The minimum atomic E-state index is -0.446. The number of hydrogen-bond acceptors (Lipinski definition) is 3. The number of ketones is 1. The maximum atomic E-state index is 11.0. The summed E-state index contributed by atoms with van der Waals surface area (Å²) in [5.74, 6) is -0.702. The minimum Gasteiger partial charge on any atom is -0.504 e. The Balaban J connectivity index is 3.03. The Bertz CT molecular complexity index is 271. The molecule has 11 heavy (non-hydrogen) atoms. The van der Waals surface area contributed by atoms with Crippen molar-refractivity contribution in [3.63, 3.8) is 0 Å². The fraction of sp³-hybridized carbons (Fsp3) is 0.250. The third-order valence-electron chi connectivity index (χ3n) is 1.71. The van der Waals surface area contributed by atoms with Crippen LogP contribution < -0.4 is 0 Å². The Labute approximate surface area is 64.0 Å². The molecule has 0 aromatic rings. The van der Waals surface area contributed by atoms with Crippen molar-refractivity contribution < 1.29 is 14.7 Å². The second-order valence-corrected chi connectivity index (χ2v) is 2.39. The van der Waals surface area contributed by atoms with Crippen LogP contribution in [0.15, 0.2) is 23.0 Å². The molecule has 0 aromatic heterocycles. The summed E-state index contributed by atoms with van der Waals surface area (Å²) >= 11 is 0. The van der Waals surface area contributed by atoms with E-state index in [0.717, 1.165) is 0 Å². The molecular formula is C8H8O3. The van der Waals surface area contributed by atoms with Crippen LogP contribution in [0.5, 0.6) is 0 Å². The van der Waals surface area contributed by atoms with Gasteiger partial charge in [0.05, 0.1) is 0 Å². The highest BCUT2D eigenvalue weighted by Crippen LogP contribution is 2.17. The lowest BCUT2D eigenvalue weighted by molar-refractivity contribution is -0.115. The molecule has 0 radical (unpaired) electrons. The number of allylic oxidation sites excluding steroid dienone is 3. The van der Waals surface area contributed by atoms with Gasteiger partial charge < -0.3 is 5.11 Å². The van der Waals surface area contributed by atoms with Crippen LogP contribution in [-0.4, -0.2) is 17.2 Å². The first-order chi connectivity index (χ1) is 5.16. The molecule has 0 aliphatic heterocycles. The molecule has 1 aliphatic rings. The van der Waals surface area contributed by atoms with Crippen molar-refractivity contribution >= 4 is 12.1 Å². The Morgan fingerprint density at radius 1 is 1.64 bits per heavy atom. The Hall–Kier alpha value is -1.38. The fourth-order valence-electron chi connectivity index (χ4n) is 0.927. The summed E-state index contributed by atoms with van der Waals surface area (Å²) in [4.78, 5) is 21.3. The number of aliphatic hydroxyl groups excluding tert-OH is 1. The molecule has 1 rings (SSSR count). The molecule has 0 bridgehead atoms. The maximum Gasteiger partial charge on any atom is 0.223 e. The molecule has 0 saturated heterocycles. The summed E-state index contributed by atoms with van der Waals surface area (Å²) in [5, 5.41) is 8.92. The first-order valence-electron chi connectivity index (χ1n) is 3.25. The van der Waals surface area contributed by atoms with E-state index >= 15 is 0 Å². The molecule has 0 fully saturated rings. The lowest BCUT2D eigenvalue weighted by atomic mass is 9.97. The molecule has 3 heteroatoms. The topological polar surface area (TPSA) is 54.4 Å². The van der Waals surface area contributed by atoms with Crippen LogP contribution in [-0.2, 0) is 9.59 Å². The molecule has 58 valence electrons. The lowest BCUT2D eigenvalue weighted by Crippen LogP contribution is -2.11. The summed E-state index contributed by atoms with van der Waals surface area (Å²) < 4.78 is 0. The molecule has 1 aliphatic carbocycles. The average Bonchev–Trinajstić information content (AvgIpc) is 2.01. The number of hydrogen-bond donors (Lipinski definition) is 1. The van der Waals surface area contributed by atoms with Gasteiger partial charge in [-0.2, -0.15) is 0 Å². The van der Waals surface area contributed by atoms with E-state index in [4.69, 9.17) is 5.11 Å². The van der Waals surface area contributed by atoms with E-state index in [9.17, 15) is 9.59 Å². The van der Waals surface area contributed by atoms with Gasteiger partial charge in [-0.05, 0) is 19.4 Å². The van der Waals surface area contributed by atoms with Crippen molar-refractivity contribution in [3.8, 4) is 0 Å². The van der Waals surface area contributed by atoms with E-state index in [2.05, 4.69) is 0 Å². The number of carbonyl (C=O) groups excluding carboxylic acids is 2. The normalized spacial score (nSPS) is 18.3. The molecule has 0 unspecified atom stereocenters. The highest BCUT2D eigenvalue weighted by atomic mass is 16.3. The van der Waals surface area contributed by atoms with Crippen LogP contribution in [0.1, 0.15) is 13.3 Å². The fourth-order valence-corrected chi connectivity index (χ4v) is 0.927. The maximum absolute atomic E-state index is 11.0. The summed E-state index contributed by atoms with van der Waals surface area (Å²) in [6, 6.07) is 0. The SMILES string of the molecule is CC1=C(C=O)CC=C(O)C1=O. The van der Waals surface area contributed by atoms with E-state index in [1.54, 1.807) is 0 Å². The number of carbonyl (C=O) groups is 2. The van der Waals surface area contributed by atoms with Gasteiger partial charge in [-0.1, -0.05) is 0 Å².